The largest absolute Gasteiger partial charge is 0.472 e. The minimum absolute atomic E-state index is 0.0700. The Morgan fingerprint density at radius 1 is 0.492 bits per heavy atom. The fourth-order valence-corrected chi connectivity index (χ4v) is 8.14. The summed E-state index contributed by atoms with van der Waals surface area (Å²) in [4.78, 5) is 35.8. The zero-order chi connectivity index (χ0) is 46.4. The molecule has 0 heterocycles. The third kappa shape index (κ3) is 31.4. The molecule has 6 unspecified atom stereocenters. The van der Waals surface area contributed by atoms with E-state index in [1.165, 1.54) is 77.0 Å². The maximum atomic E-state index is 12.8. The molecular weight excluding hydrogens is 828 g/mol. The Morgan fingerprint density at radius 3 is 1.35 bits per heavy atom. The second-order valence-corrected chi connectivity index (χ2v) is 18.4. The molecule has 1 fully saturated rings. The first kappa shape index (κ1) is 58.8. The Balaban J connectivity index is 2.45. The van der Waals surface area contributed by atoms with Crippen LogP contribution in [0.25, 0.3) is 0 Å². The molecule has 6 N–H and O–H groups in total. The second-order valence-electron chi connectivity index (χ2n) is 17.0. The lowest BCUT2D eigenvalue weighted by atomic mass is 9.85. The van der Waals surface area contributed by atoms with E-state index >= 15 is 0 Å². The molecule has 1 saturated carbocycles. The lowest BCUT2D eigenvalue weighted by molar-refractivity contribution is -0.220. The summed E-state index contributed by atoms with van der Waals surface area (Å²) in [6, 6.07) is 0. The van der Waals surface area contributed by atoms with Crippen LogP contribution in [0.1, 0.15) is 194 Å². The molecule has 0 amide bonds. The molecule has 1 aliphatic rings. The molecule has 13 nitrogen and oxygen atoms in total. The van der Waals surface area contributed by atoms with E-state index in [4.69, 9.17) is 18.5 Å². The van der Waals surface area contributed by atoms with Crippen molar-refractivity contribution in [2.24, 2.45) is 0 Å². The Kier molecular flexibility index (Phi) is 36.4. The van der Waals surface area contributed by atoms with E-state index < -0.39 is 75.7 Å². The first-order valence-electron chi connectivity index (χ1n) is 24.4. The summed E-state index contributed by atoms with van der Waals surface area (Å²) in [5.74, 6) is -1.13. The van der Waals surface area contributed by atoms with Crippen molar-refractivity contribution in [2.45, 2.75) is 236 Å². The van der Waals surface area contributed by atoms with E-state index in [-0.39, 0.29) is 12.8 Å². The highest BCUT2D eigenvalue weighted by molar-refractivity contribution is 7.47. The molecule has 0 aromatic carbocycles. The average Bonchev–Trinajstić information content (AvgIpc) is 3.26. The quantitative estimate of drug-likeness (QED) is 0.0147. The van der Waals surface area contributed by atoms with Crippen molar-refractivity contribution in [3.63, 3.8) is 0 Å². The topological polar surface area (TPSA) is 210 Å². The monoisotopic (exact) mass is 915 g/mol. The second kappa shape index (κ2) is 39.0. The maximum absolute atomic E-state index is 12.8. The lowest BCUT2D eigenvalue weighted by Crippen LogP contribution is -2.64. The van der Waals surface area contributed by atoms with Crippen LogP contribution in [0.2, 0.25) is 0 Å². The number of phosphoric acid groups is 1. The van der Waals surface area contributed by atoms with Crippen molar-refractivity contribution in [3.05, 3.63) is 48.6 Å². The van der Waals surface area contributed by atoms with Crippen molar-refractivity contribution in [3.8, 4) is 0 Å². The Hall–Kier alpha value is -2.19. The summed E-state index contributed by atoms with van der Waals surface area (Å²) in [5, 5.41) is 50.2. The number of unbranched alkanes of at least 4 members (excludes halogenated alkanes) is 20. The average molecular weight is 915 g/mol. The zero-order valence-electron chi connectivity index (χ0n) is 38.9. The molecule has 0 aromatic rings. The van der Waals surface area contributed by atoms with Crippen molar-refractivity contribution >= 4 is 19.8 Å². The lowest BCUT2D eigenvalue weighted by Gasteiger charge is -2.41. The van der Waals surface area contributed by atoms with Gasteiger partial charge in [-0.25, -0.2) is 4.57 Å². The van der Waals surface area contributed by atoms with E-state index in [9.17, 15) is 44.6 Å². The highest BCUT2D eigenvalue weighted by Gasteiger charge is 2.51. The zero-order valence-corrected chi connectivity index (χ0v) is 39.8. The van der Waals surface area contributed by atoms with Gasteiger partial charge in [0.25, 0.3) is 0 Å². The first-order valence-corrected chi connectivity index (χ1v) is 25.9. The van der Waals surface area contributed by atoms with Gasteiger partial charge in [0.15, 0.2) is 6.10 Å². The Morgan fingerprint density at radius 2 is 0.857 bits per heavy atom. The molecule has 63 heavy (non-hydrogen) atoms. The van der Waals surface area contributed by atoms with Crippen LogP contribution in [0.3, 0.4) is 0 Å². The molecule has 0 saturated heterocycles. The van der Waals surface area contributed by atoms with Crippen LogP contribution in [0.5, 0.6) is 0 Å². The number of esters is 2. The van der Waals surface area contributed by atoms with E-state index in [0.717, 1.165) is 77.0 Å². The van der Waals surface area contributed by atoms with Crippen molar-refractivity contribution in [2.75, 3.05) is 13.2 Å². The maximum Gasteiger partial charge on any atom is 0.472 e. The Labute approximate surface area is 380 Å². The molecule has 14 heteroatoms. The molecule has 1 rings (SSSR count). The Bertz CT molecular complexity index is 1290. The summed E-state index contributed by atoms with van der Waals surface area (Å²) < 4.78 is 33.6. The summed E-state index contributed by atoms with van der Waals surface area (Å²) >= 11 is 0. The summed E-state index contributed by atoms with van der Waals surface area (Å²) in [5.41, 5.74) is 0. The number of phosphoric ester groups is 1. The third-order valence-electron chi connectivity index (χ3n) is 11.1. The van der Waals surface area contributed by atoms with Gasteiger partial charge in [-0.15, -0.1) is 0 Å². The number of ether oxygens (including phenoxy) is 2. The molecule has 366 valence electrons. The number of rotatable bonds is 40. The van der Waals surface area contributed by atoms with Gasteiger partial charge in [0.2, 0.25) is 0 Å². The summed E-state index contributed by atoms with van der Waals surface area (Å²) in [6.45, 7) is 3.25. The van der Waals surface area contributed by atoms with Crippen LogP contribution in [0, 0.1) is 0 Å². The number of aliphatic hydroxyl groups excluding tert-OH is 5. The fraction of sp³-hybridized carbons (Fsp3) is 0.796. The highest BCUT2D eigenvalue weighted by atomic mass is 31.2. The van der Waals surface area contributed by atoms with Gasteiger partial charge in [0.05, 0.1) is 6.61 Å². The number of carbonyl (C=O) groups is 2. The molecule has 1 aliphatic carbocycles. The number of hydrogen-bond donors (Lipinski definition) is 6. The third-order valence-corrected chi connectivity index (χ3v) is 12.1. The molecule has 0 bridgehead atoms. The van der Waals surface area contributed by atoms with E-state index in [1.807, 2.05) is 0 Å². The van der Waals surface area contributed by atoms with Crippen LogP contribution >= 0.6 is 7.82 Å². The van der Waals surface area contributed by atoms with Crippen LogP contribution < -0.4 is 0 Å². The van der Waals surface area contributed by atoms with Crippen LogP contribution in [0.4, 0.5) is 0 Å². The van der Waals surface area contributed by atoms with Gasteiger partial charge >= 0.3 is 19.8 Å². The minimum Gasteiger partial charge on any atom is -0.462 e. The number of carbonyl (C=O) groups excluding carboxylic acids is 2. The van der Waals surface area contributed by atoms with Crippen LogP contribution in [-0.4, -0.2) is 98.3 Å². The van der Waals surface area contributed by atoms with Gasteiger partial charge in [-0.05, 0) is 77.0 Å². The summed E-state index contributed by atoms with van der Waals surface area (Å²) in [7, 11) is -5.13. The van der Waals surface area contributed by atoms with E-state index in [1.54, 1.807) is 0 Å². The van der Waals surface area contributed by atoms with Gasteiger partial charge in [0, 0.05) is 12.8 Å². The number of hydrogen-bond acceptors (Lipinski definition) is 12. The number of aliphatic hydroxyl groups is 5. The predicted octanol–water partition coefficient (Wildman–Crippen LogP) is 9.95. The predicted molar refractivity (Wildman–Crippen MR) is 249 cm³/mol. The SMILES string of the molecule is CCCCC/C=C/C/C=C/C/C=C/CCCCCCC(=O)O[C@@H](COC(=O)CCCCCCCCCCC/C=C/CCCCCC)COP(=O)(O)OC1C(O)C(O)C(O)[C@H](O)C1O. The fourth-order valence-electron chi connectivity index (χ4n) is 7.17. The highest BCUT2D eigenvalue weighted by Crippen LogP contribution is 2.47. The normalized spacial score (nSPS) is 22.1. The first-order chi connectivity index (χ1) is 30.4. The van der Waals surface area contributed by atoms with Gasteiger partial charge in [0.1, 0.15) is 43.2 Å². The molecule has 0 radical (unpaired) electrons. The number of allylic oxidation sites excluding steroid dienone is 8. The molecular formula is C49H87O13P. The molecule has 0 aliphatic heterocycles. The van der Waals surface area contributed by atoms with Gasteiger partial charge < -0.3 is 39.9 Å². The van der Waals surface area contributed by atoms with Crippen molar-refractivity contribution in [1.82, 2.24) is 0 Å². The molecule has 0 spiro atoms. The van der Waals surface area contributed by atoms with Crippen molar-refractivity contribution < 1.29 is 63.1 Å². The standard InChI is InChI=1S/C49H87O13P/c1-3-5-7-9-11-13-15-17-19-21-23-25-27-29-31-33-35-37-42(50)59-39-41(40-60-63(57,58)62-49-47(55)45(53)44(52)46(54)48(49)56)61-43(51)38-36-34-32-30-28-26-24-22-20-18-16-14-12-10-8-6-4-2/h12-15,18,20,24,26,41,44-49,52-56H,3-11,16-17,19,21-23,25,27-40H2,1-2H3,(H,57,58)/b14-12+,15-13+,20-18+,26-24+/t41-,44?,45-,46?,47?,48?,49?/m0/s1. The van der Waals surface area contributed by atoms with Crippen LogP contribution in [0.15, 0.2) is 48.6 Å². The molecule has 0 aromatic heterocycles. The van der Waals surface area contributed by atoms with Gasteiger partial charge in [-0.2, -0.15) is 0 Å². The summed E-state index contributed by atoms with van der Waals surface area (Å²) in [6.07, 6.45) is 33.0. The molecule has 8 atom stereocenters. The van der Waals surface area contributed by atoms with Gasteiger partial charge in [-0.1, -0.05) is 152 Å². The minimum atomic E-state index is -5.13. The van der Waals surface area contributed by atoms with E-state index in [0.29, 0.717) is 12.8 Å². The van der Waals surface area contributed by atoms with E-state index in [2.05, 4.69) is 62.5 Å². The van der Waals surface area contributed by atoms with Crippen molar-refractivity contribution in [1.29, 1.82) is 0 Å². The van der Waals surface area contributed by atoms with Gasteiger partial charge in [-0.3, -0.25) is 18.6 Å². The van der Waals surface area contributed by atoms with Crippen LogP contribution in [-0.2, 0) is 32.7 Å². The smallest absolute Gasteiger partial charge is 0.462 e.